The maximum atomic E-state index is 12.4. The van der Waals surface area contributed by atoms with Crippen molar-refractivity contribution in [2.75, 3.05) is 13.1 Å². The van der Waals surface area contributed by atoms with Gasteiger partial charge in [-0.2, -0.15) is 0 Å². The minimum atomic E-state index is -0.265. The van der Waals surface area contributed by atoms with Crippen LogP contribution >= 0.6 is 0 Å². The molecule has 3 N–H and O–H groups in total. The van der Waals surface area contributed by atoms with Crippen LogP contribution in [0.2, 0.25) is 0 Å². The highest BCUT2D eigenvalue weighted by Crippen LogP contribution is 2.34. The van der Waals surface area contributed by atoms with Gasteiger partial charge in [-0.3, -0.25) is 4.79 Å². The second-order valence-corrected chi connectivity index (χ2v) is 6.42. The molecule has 1 amide bonds. The average molecular weight is 282 g/mol. The van der Waals surface area contributed by atoms with E-state index in [4.69, 9.17) is 5.73 Å². The van der Waals surface area contributed by atoms with Gasteiger partial charge in [-0.15, -0.1) is 0 Å². The second kappa shape index (κ2) is 10.2. The Morgan fingerprint density at radius 2 is 1.60 bits per heavy atom. The van der Waals surface area contributed by atoms with Gasteiger partial charge in [0.25, 0.3) is 0 Å². The molecule has 0 saturated heterocycles. The lowest BCUT2D eigenvalue weighted by Crippen LogP contribution is -2.46. The summed E-state index contributed by atoms with van der Waals surface area (Å²) in [4.78, 5) is 12.4. The number of carbonyl (C=O) groups is 1. The summed E-state index contributed by atoms with van der Waals surface area (Å²) in [6.45, 7) is 3.57. The first kappa shape index (κ1) is 17.5. The molecule has 1 rings (SSSR count). The van der Waals surface area contributed by atoms with Gasteiger partial charge >= 0.3 is 0 Å². The summed E-state index contributed by atoms with van der Waals surface area (Å²) in [7, 11) is 0. The highest BCUT2D eigenvalue weighted by Gasteiger charge is 2.36. The highest BCUT2D eigenvalue weighted by atomic mass is 16.2. The third-order valence-corrected chi connectivity index (χ3v) is 4.75. The van der Waals surface area contributed by atoms with E-state index >= 15 is 0 Å². The molecule has 0 aromatic carbocycles. The van der Waals surface area contributed by atoms with Gasteiger partial charge in [0, 0.05) is 13.1 Å². The third-order valence-electron chi connectivity index (χ3n) is 4.75. The molecule has 0 spiro atoms. The Labute approximate surface area is 125 Å². The minimum absolute atomic E-state index is 0.218. The van der Waals surface area contributed by atoms with Crippen molar-refractivity contribution in [3.63, 3.8) is 0 Å². The topological polar surface area (TPSA) is 55.1 Å². The molecule has 1 aliphatic carbocycles. The monoisotopic (exact) mass is 282 g/mol. The standard InChI is InChI=1S/C17H34N2O/c1-2-3-4-5-8-11-14-19-16(20)17(15-18)12-9-6-7-10-13-17/h2-15,18H2,1H3,(H,19,20). The summed E-state index contributed by atoms with van der Waals surface area (Å²) in [6, 6.07) is 0. The summed E-state index contributed by atoms with van der Waals surface area (Å²) in [5, 5.41) is 3.14. The molecule has 1 aliphatic rings. The molecule has 118 valence electrons. The molecule has 0 radical (unpaired) electrons. The van der Waals surface area contributed by atoms with Crippen LogP contribution in [0.15, 0.2) is 0 Å². The van der Waals surface area contributed by atoms with E-state index in [1.165, 1.54) is 44.9 Å². The zero-order chi connectivity index (χ0) is 14.7. The Hall–Kier alpha value is -0.570. The van der Waals surface area contributed by atoms with Crippen molar-refractivity contribution >= 4 is 5.91 Å². The lowest BCUT2D eigenvalue weighted by atomic mass is 9.79. The van der Waals surface area contributed by atoms with Crippen LogP contribution in [0, 0.1) is 5.41 Å². The molecule has 0 aromatic rings. The molecular weight excluding hydrogens is 248 g/mol. The Kier molecular flexibility index (Phi) is 8.92. The molecule has 0 unspecified atom stereocenters. The minimum Gasteiger partial charge on any atom is -0.356 e. The quantitative estimate of drug-likeness (QED) is 0.500. The van der Waals surface area contributed by atoms with Crippen molar-refractivity contribution in [2.45, 2.75) is 84.0 Å². The number of nitrogens with one attached hydrogen (secondary N) is 1. The van der Waals surface area contributed by atoms with E-state index in [2.05, 4.69) is 12.2 Å². The third kappa shape index (κ3) is 5.82. The van der Waals surface area contributed by atoms with Gasteiger partial charge in [-0.25, -0.2) is 0 Å². The molecule has 20 heavy (non-hydrogen) atoms. The number of carbonyl (C=O) groups excluding carboxylic acids is 1. The molecule has 0 atom stereocenters. The van der Waals surface area contributed by atoms with Crippen LogP contribution in [0.5, 0.6) is 0 Å². The van der Waals surface area contributed by atoms with Crippen LogP contribution in [0.4, 0.5) is 0 Å². The van der Waals surface area contributed by atoms with Crippen LogP contribution in [0.25, 0.3) is 0 Å². The fourth-order valence-electron chi connectivity index (χ4n) is 3.22. The smallest absolute Gasteiger partial charge is 0.227 e. The van der Waals surface area contributed by atoms with E-state index in [1.54, 1.807) is 0 Å². The highest BCUT2D eigenvalue weighted by molar-refractivity contribution is 5.82. The van der Waals surface area contributed by atoms with Crippen LogP contribution in [0.3, 0.4) is 0 Å². The fourth-order valence-corrected chi connectivity index (χ4v) is 3.22. The van der Waals surface area contributed by atoms with Crippen molar-refractivity contribution in [3.05, 3.63) is 0 Å². The predicted molar refractivity (Wildman–Crippen MR) is 85.6 cm³/mol. The van der Waals surface area contributed by atoms with E-state index in [9.17, 15) is 4.79 Å². The van der Waals surface area contributed by atoms with Crippen molar-refractivity contribution in [1.82, 2.24) is 5.32 Å². The van der Waals surface area contributed by atoms with Crippen LogP contribution in [0.1, 0.15) is 84.0 Å². The summed E-state index contributed by atoms with van der Waals surface area (Å²) in [5.74, 6) is 0.218. The first-order valence-corrected chi connectivity index (χ1v) is 8.73. The lowest BCUT2D eigenvalue weighted by molar-refractivity contribution is -0.131. The lowest BCUT2D eigenvalue weighted by Gasteiger charge is -2.29. The maximum absolute atomic E-state index is 12.4. The van der Waals surface area contributed by atoms with Crippen LogP contribution in [-0.2, 0) is 4.79 Å². The SMILES string of the molecule is CCCCCCCCNC(=O)C1(CN)CCCCCC1. The number of nitrogens with two attached hydrogens (primary N) is 1. The number of hydrogen-bond donors (Lipinski definition) is 2. The number of amides is 1. The molecular formula is C17H34N2O. The Morgan fingerprint density at radius 3 is 2.20 bits per heavy atom. The summed E-state index contributed by atoms with van der Waals surface area (Å²) in [5.41, 5.74) is 5.67. The summed E-state index contributed by atoms with van der Waals surface area (Å²) < 4.78 is 0. The van der Waals surface area contributed by atoms with Gasteiger partial charge in [0.05, 0.1) is 5.41 Å². The first-order chi connectivity index (χ1) is 9.75. The van der Waals surface area contributed by atoms with Gasteiger partial charge in [0.15, 0.2) is 0 Å². The fraction of sp³-hybridized carbons (Fsp3) is 0.941. The maximum Gasteiger partial charge on any atom is 0.227 e. The van der Waals surface area contributed by atoms with Gasteiger partial charge < -0.3 is 11.1 Å². The van der Waals surface area contributed by atoms with Crippen LogP contribution in [-0.4, -0.2) is 19.0 Å². The van der Waals surface area contributed by atoms with E-state index in [0.29, 0.717) is 6.54 Å². The number of hydrogen-bond acceptors (Lipinski definition) is 2. The number of unbranched alkanes of at least 4 members (excludes halogenated alkanes) is 5. The van der Waals surface area contributed by atoms with E-state index in [0.717, 1.165) is 38.6 Å². The predicted octanol–water partition coefficient (Wildman–Crippen LogP) is 3.76. The zero-order valence-corrected chi connectivity index (χ0v) is 13.4. The van der Waals surface area contributed by atoms with Gasteiger partial charge in [0.2, 0.25) is 5.91 Å². The molecule has 1 saturated carbocycles. The molecule has 0 bridgehead atoms. The summed E-state index contributed by atoms with van der Waals surface area (Å²) >= 11 is 0. The zero-order valence-electron chi connectivity index (χ0n) is 13.4. The molecule has 3 heteroatoms. The van der Waals surface area contributed by atoms with Crippen molar-refractivity contribution < 1.29 is 4.79 Å². The largest absolute Gasteiger partial charge is 0.356 e. The second-order valence-electron chi connectivity index (χ2n) is 6.42. The van der Waals surface area contributed by atoms with Crippen LogP contribution < -0.4 is 11.1 Å². The average Bonchev–Trinajstić information content (AvgIpc) is 2.72. The van der Waals surface area contributed by atoms with E-state index in [-0.39, 0.29) is 11.3 Å². The Morgan fingerprint density at radius 1 is 1.00 bits per heavy atom. The van der Waals surface area contributed by atoms with Crippen molar-refractivity contribution in [1.29, 1.82) is 0 Å². The van der Waals surface area contributed by atoms with E-state index in [1.807, 2.05) is 0 Å². The summed E-state index contributed by atoms with van der Waals surface area (Å²) in [6.07, 6.45) is 14.4. The van der Waals surface area contributed by atoms with Gasteiger partial charge in [0.1, 0.15) is 0 Å². The number of rotatable bonds is 9. The Bertz CT molecular complexity index is 258. The molecule has 0 aliphatic heterocycles. The molecule has 0 heterocycles. The normalized spacial score (nSPS) is 18.5. The Balaban J connectivity index is 2.22. The van der Waals surface area contributed by atoms with Crippen molar-refractivity contribution in [3.8, 4) is 0 Å². The first-order valence-electron chi connectivity index (χ1n) is 8.73. The van der Waals surface area contributed by atoms with Gasteiger partial charge in [-0.05, 0) is 19.3 Å². The van der Waals surface area contributed by atoms with Crippen molar-refractivity contribution in [2.24, 2.45) is 11.1 Å². The van der Waals surface area contributed by atoms with E-state index < -0.39 is 0 Å². The molecule has 0 aromatic heterocycles. The molecule has 3 nitrogen and oxygen atoms in total. The van der Waals surface area contributed by atoms with Gasteiger partial charge in [-0.1, -0.05) is 64.7 Å². The molecule has 1 fully saturated rings.